The molecule has 2 rings (SSSR count). The predicted octanol–water partition coefficient (Wildman–Crippen LogP) is 1.26. The molecule has 0 unspecified atom stereocenters. The molecule has 1 N–H and O–H groups in total. The fourth-order valence-corrected chi connectivity index (χ4v) is 4.77. The third-order valence-electron chi connectivity index (χ3n) is 4.09. The second-order valence-corrected chi connectivity index (χ2v) is 8.65. The van der Waals surface area contributed by atoms with E-state index in [1.54, 1.807) is 14.0 Å². The van der Waals surface area contributed by atoms with Gasteiger partial charge in [-0.2, -0.15) is 10.4 Å². The zero-order chi connectivity index (χ0) is 19.3. The van der Waals surface area contributed by atoms with Gasteiger partial charge in [0.2, 0.25) is 0 Å². The number of rotatable bonds is 7. The monoisotopic (exact) mass is 400 g/mol. The first-order valence-corrected chi connectivity index (χ1v) is 10.3. The van der Waals surface area contributed by atoms with Gasteiger partial charge >= 0.3 is 0 Å². The van der Waals surface area contributed by atoms with Gasteiger partial charge in [-0.25, -0.2) is 13.1 Å². The molecule has 0 saturated carbocycles. The standard InChI is InChI=1S/C16H21ClN4O4S/c1-11-14(8-12(9-18)16(22)19-5-3-6-25-2)15(17)21(20-11)13-4-7-26(23,24)10-13/h8,13H,3-7,10H2,1-2H3,(H,19,22)/b12-8+/t13-/m1/s1. The minimum absolute atomic E-state index is 0.0118. The molecule has 1 aliphatic heterocycles. The van der Waals surface area contributed by atoms with Gasteiger partial charge in [-0.05, 0) is 25.8 Å². The summed E-state index contributed by atoms with van der Waals surface area (Å²) in [7, 11) is -1.51. The second-order valence-electron chi connectivity index (χ2n) is 6.06. The number of nitrogens with one attached hydrogen (secondary N) is 1. The van der Waals surface area contributed by atoms with Gasteiger partial charge in [0.25, 0.3) is 5.91 Å². The van der Waals surface area contributed by atoms with Crippen LogP contribution in [0.5, 0.6) is 0 Å². The number of halogens is 1. The largest absolute Gasteiger partial charge is 0.385 e. The third-order valence-corrected chi connectivity index (χ3v) is 6.22. The molecule has 1 saturated heterocycles. The van der Waals surface area contributed by atoms with Crippen LogP contribution in [0, 0.1) is 18.3 Å². The van der Waals surface area contributed by atoms with Gasteiger partial charge in [0.05, 0.1) is 23.2 Å². The van der Waals surface area contributed by atoms with Crippen LogP contribution in [0.15, 0.2) is 5.57 Å². The van der Waals surface area contributed by atoms with Gasteiger partial charge in [-0.3, -0.25) is 4.79 Å². The lowest BCUT2D eigenvalue weighted by Gasteiger charge is -2.09. The number of carbonyl (C=O) groups excluding carboxylic acids is 1. The van der Waals surface area contributed by atoms with Crippen LogP contribution in [0.4, 0.5) is 0 Å². The molecule has 1 aromatic rings. The lowest BCUT2D eigenvalue weighted by atomic mass is 10.1. The number of nitriles is 1. The van der Waals surface area contributed by atoms with Crippen molar-refractivity contribution in [3.8, 4) is 6.07 Å². The highest BCUT2D eigenvalue weighted by Crippen LogP contribution is 2.30. The van der Waals surface area contributed by atoms with E-state index in [0.29, 0.717) is 37.3 Å². The maximum absolute atomic E-state index is 12.1. The highest BCUT2D eigenvalue weighted by molar-refractivity contribution is 7.91. The average Bonchev–Trinajstić information content (AvgIpc) is 3.08. The van der Waals surface area contributed by atoms with Crippen molar-refractivity contribution in [2.75, 3.05) is 31.8 Å². The van der Waals surface area contributed by atoms with E-state index in [-0.39, 0.29) is 28.3 Å². The number of ether oxygens (including phenoxy) is 1. The Morgan fingerprint density at radius 3 is 2.88 bits per heavy atom. The van der Waals surface area contributed by atoms with Gasteiger partial charge in [0.1, 0.15) is 16.8 Å². The summed E-state index contributed by atoms with van der Waals surface area (Å²) >= 11 is 6.36. The maximum atomic E-state index is 12.1. The number of aromatic nitrogens is 2. The number of methoxy groups -OCH3 is 1. The molecule has 0 radical (unpaired) electrons. The molecule has 0 bridgehead atoms. The number of aryl methyl sites for hydroxylation is 1. The summed E-state index contributed by atoms with van der Waals surface area (Å²) in [5, 5.41) is 16.5. The van der Waals surface area contributed by atoms with Crippen molar-refractivity contribution in [1.29, 1.82) is 5.26 Å². The molecule has 1 aromatic heterocycles. The molecule has 0 aliphatic carbocycles. The van der Waals surface area contributed by atoms with Crippen molar-refractivity contribution in [3.63, 3.8) is 0 Å². The summed E-state index contributed by atoms with van der Waals surface area (Å²) in [4.78, 5) is 12.1. The Labute approximate surface area is 157 Å². The van der Waals surface area contributed by atoms with Gasteiger partial charge in [0, 0.05) is 25.8 Å². The number of hydrogen-bond acceptors (Lipinski definition) is 6. The molecule has 2 heterocycles. The lowest BCUT2D eigenvalue weighted by molar-refractivity contribution is -0.117. The van der Waals surface area contributed by atoms with Gasteiger partial charge in [-0.1, -0.05) is 11.6 Å². The van der Waals surface area contributed by atoms with E-state index in [0.717, 1.165) is 0 Å². The zero-order valence-electron chi connectivity index (χ0n) is 14.7. The van der Waals surface area contributed by atoms with Crippen LogP contribution >= 0.6 is 11.6 Å². The molecule has 8 nitrogen and oxygen atoms in total. The fraction of sp³-hybridized carbons (Fsp3) is 0.562. The second kappa shape index (κ2) is 8.66. The van der Waals surface area contributed by atoms with E-state index < -0.39 is 15.7 Å². The van der Waals surface area contributed by atoms with Crippen molar-refractivity contribution in [3.05, 3.63) is 22.0 Å². The number of hydrogen-bond donors (Lipinski definition) is 1. The molecular weight excluding hydrogens is 380 g/mol. The normalized spacial score (nSPS) is 19.3. The summed E-state index contributed by atoms with van der Waals surface area (Å²) in [5.41, 5.74) is 0.879. The lowest BCUT2D eigenvalue weighted by Crippen LogP contribution is -2.26. The van der Waals surface area contributed by atoms with Crippen LogP contribution in [0.3, 0.4) is 0 Å². The molecule has 1 amide bonds. The molecule has 0 aromatic carbocycles. The molecule has 1 aliphatic rings. The summed E-state index contributed by atoms with van der Waals surface area (Å²) in [6.45, 7) is 2.59. The van der Waals surface area contributed by atoms with Gasteiger partial charge in [-0.15, -0.1) is 0 Å². The van der Waals surface area contributed by atoms with E-state index in [1.165, 1.54) is 10.8 Å². The van der Waals surface area contributed by atoms with Crippen molar-refractivity contribution >= 4 is 33.4 Å². The van der Waals surface area contributed by atoms with Crippen LogP contribution < -0.4 is 5.32 Å². The highest BCUT2D eigenvalue weighted by Gasteiger charge is 2.32. The molecule has 0 spiro atoms. The predicted molar refractivity (Wildman–Crippen MR) is 97.4 cm³/mol. The van der Waals surface area contributed by atoms with Crippen molar-refractivity contribution < 1.29 is 17.9 Å². The van der Waals surface area contributed by atoms with Crippen LogP contribution in [0.1, 0.15) is 30.1 Å². The Bertz CT molecular complexity index is 854. The number of nitrogens with zero attached hydrogens (tertiary/aromatic N) is 3. The number of sulfone groups is 1. The summed E-state index contributed by atoms with van der Waals surface area (Å²) in [6, 6.07) is 1.53. The minimum Gasteiger partial charge on any atom is -0.385 e. The van der Waals surface area contributed by atoms with Crippen molar-refractivity contribution in [2.24, 2.45) is 0 Å². The quantitative estimate of drug-likeness (QED) is 0.418. The summed E-state index contributed by atoms with van der Waals surface area (Å²) < 4.78 is 29.7. The van der Waals surface area contributed by atoms with E-state index >= 15 is 0 Å². The van der Waals surface area contributed by atoms with Crippen LogP contribution in [-0.2, 0) is 19.4 Å². The van der Waals surface area contributed by atoms with E-state index in [9.17, 15) is 18.5 Å². The van der Waals surface area contributed by atoms with Crippen LogP contribution in [0.25, 0.3) is 6.08 Å². The highest BCUT2D eigenvalue weighted by atomic mass is 35.5. The van der Waals surface area contributed by atoms with Crippen LogP contribution in [0.2, 0.25) is 5.15 Å². The molecular formula is C16H21ClN4O4S. The Morgan fingerprint density at radius 1 is 1.58 bits per heavy atom. The Kier molecular flexibility index (Phi) is 6.81. The molecule has 26 heavy (non-hydrogen) atoms. The van der Waals surface area contributed by atoms with Crippen LogP contribution in [-0.4, -0.2) is 55.9 Å². The third kappa shape index (κ3) is 4.84. The van der Waals surface area contributed by atoms with E-state index in [2.05, 4.69) is 10.4 Å². The Balaban J connectivity index is 2.21. The van der Waals surface area contributed by atoms with E-state index in [1.807, 2.05) is 6.07 Å². The van der Waals surface area contributed by atoms with Crippen molar-refractivity contribution in [2.45, 2.75) is 25.8 Å². The van der Waals surface area contributed by atoms with Gasteiger partial charge in [0.15, 0.2) is 9.84 Å². The average molecular weight is 401 g/mol. The fourth-order valence-electron chi connectivity index (χ4n) is 2.71. The first-order chi connectivity index (χ1) is 12.3. The summed E-state index contributed by atoms with van der Waals surface area (Å²) in [6.07, 6.45) is 2.46. The zero-order valence-corrected chi connectivity index (χ0v) is 16.2. The number of carbonyl (C=O) groups is 1. The topological polar surface area (TPSA) is 114 Å². The Hall–Kier alpha value is -1.89. The molecule has 1 fully saturated rings. The van der Waals surface area contributed by atoms with Gasteiger partial charge < -0.3 is 10.1 Å². The first kappa shape index (κ1) is 20.4. The van der Waals surface area contributed by atoms with E-state index in [4.69, 9.17) is 16.3 Å². The van der Waals surface area contributed by atoms with Crippen molar-refractivity contribution in [1.82, 2.24) is 15.1 Å². The smallest absolute Gasteiger partial charge is 0.261 e. The molecule has 10 heteroatoms. The minimum atomic E-state index is -3.08. The summed E-state index contributed by atoms with van der Waals surface area (Å²) in [5.74, 6) is -0.414. The first-order valence-electron chi connectivity index (χ1n) is 8.13. The maximum Gasteiger partial charge on any atom is 0.261 e. The Morgan fingerprint density at radius 2 is 2.31 bits per heavy atom. The SMILES string of the molecule is COCCCNC(=O)/C(C#N)=C/c1c(C)nn([C@@H]2CCS(=O)(=O)C2)c1Cl. The molecule has 142 valence electrons. The molecule has 1 atom stereocenters. The number of amides is 1.